The van der Waals surface area contributed by atoms with Crippen LogP contribution in [0.5, 0.6) is 0 Å². The van der Waals surface area contributed by atoms with Crippen molar-refractivity contribution < 1.29 is 14.3 Å². The molecule has 0 fully saturated rings. The third-order valence-electron chi connectivity index (χ3n) is 1.07. The Bertz CT molecular complexity index is 81.3. The van der Waals surface area contributed by atoms with Crippen LogP contribution in [0, 0.1) is 0 Å². The lowest BCUT2D eigenvalue weighted by Crippen LogP contribution is -2.06. The first-order valence-electron chi connectivity index (χ1n) is 3.45. The number of ether oxygens (including phenoxy) is 2. The topological polar surface area (TPSA) is 35.5 Å². The van der Waals surface area contributed by atoms with E-state index in [9.17, 15) is 4.79 Å². The molecule has 0 saturated carbocycles. The Morgan fingerprint density at radius 1 is 1.45 bits per heavy atom. The van der Waals surface area contributed by atoms with Gasteiger partial charge in [0.1, 0.15) is 0 Å². The molecule has 0 aromatic carbocycles. The fourth-order valence-electron chi connectivity index (χ4n) is 0.518. The zero-order valence-corrected chi connectivity index (χ0v) is 6.55. The van der Waals surface area contributed by atoms with Gasteiger partial charge in [0.2, 0.25) is 0 Å². The minimum Gasteiger partial charge on any atom is -0.438 e. The van der Waals surface area contributed by atoms with Crippen LogP contribution in [0.2, 0.25) is 0 Å². The Morgan fingerprint density at radius 3 is 2.55 bits per heavy atom. The van der Waals surface area contributed by atoms with Crippen LogP contribution in [0.1, 0.15) is 33.6 Å². The maximum atomic E-state index is 10.7. The monoisotopic (exact) mass is 162 g/mol. The van der Waals surface area contributed by atoms with E-state index in [2.05, 4.69) is 9.47 Å². The van der Waals surface area contributed by atoms with Crippen LogP contribution in [0.25, 0.3) is 0 Å². The van der Waals surface area contributed by atoms with Gasteiger partial charge in [-0.15, -0.1) is 0 Å². The maximum Gasteiger partial charge on any atom is 0.307 e. The zero-order valence-electron chi connectivity index (χ0n) is 6.55. The van der Waals surface area contributed by atoms with Crippen molar-refractivity contribution in [2.45, 2.75) is 33.6 Å². The fraction of sp³-hybridized carbons (Fsp3) is 0.875. The summed E-state index contributed by atoms with van der Waals surface area (Å²) in [7, 11) is 1.49. The third kappa shape index (κ3) is 9.43. The van der Waals surface area contributed by atoms with Gasteiger partial charge in [0, 0.05) is 13.5 Å². The van der Waals surface area contributed by atoms with Crippen LogP contribution in [0.15, 0.2) is 0 Å². The van der Waals surface area contributed by atoms with E-state index in [1.54, 1.807) is 0 Å². The van der Waals surface area contributed by atoms with Crippen LogP contribution >= 0.6 is 0 Å². The smallest absolute Gasteiger partial charge is 0.307 e. The molecule has 0 radical (unpaired) electrons. The summed E-state index contributed by atoms with van der Waals surface area (Å²) >= 11 is 0. The van der Waals surface area contributed by atoms with E-state index in [1.807, 2.05) is 6.92 Å². The fourth-order valence-corrected chi connectivity index (χ4v) is 0.518. The SMILES string of the molecule is C.CCCCC(=O)OCOC. The number of carbonyl (C=O) groups is 1. The second-order valence-electron chi connectivity index (χ2n) is 2.03. The van der Waals surface area contributed by atoms with E-state index < -0.39 is 0 Å². The maximum absolute atomic E-state index is 10.7. The molecule has 0 heterocycles. The summed E-state index contributed by atoms with van der Waals surface area (Å²) in [5.74, 6) is -0.177. The molecule has 0 aromatic rings. The first-order chi connectivity index (χ1) is 4.81. The molecule has 0 aliphatic carbocycles. The second-order valence-corrected chi connectivity index (χ2v) is 2.03. The molecule has 0 amide bonds. The van der Waals surface area contributed by atoms with Crippen molar-refractivity contribution in [2.75, 3.05) is 13.9 Å². The quantitative estimate of drug-likeness (QED) is 0.458. The van der Waals surface area contributed by atoms with E-state index in [4.69, 9.17) is 0 Å². The summed E-state index contributed by atoms with van der Waals surface area (Å²) in [4.78, 5) is 10.7. The van der Waals surface area contributed by atoms with E-state index >= 15 is 0 Å². The number of hydrogen-bond donors (Lipinski definition) is 0. The lowest BCUT2D eigenvalue weighted by Gasteiger charge is -2.00. The van der Waals surface area contributed by atoms with Gasteiger partial charge in [-0.1, -0.05) is 20.8 Å². The highest BCUT2D eigenvalue weighted by Gasteiger charge is 1.98. The molecule has 0 aliphatic heterocycles. The third-order valence-corrected chi connectivity index (χ3v) is 1.07. The Morgan fingerprint density at radius 2 is 2.09 bits per heavy atom. The normalized spacial score (nSPS) is 8.55. The van der Waals surface area contributed by atoms with Gasteiger partial charge < -0.3 is 9.47 Å². The van der Waals surface area contributed by atoms with Gasteiger partial charge in [0.15, 0.2) is 6.79 Å². The molecule has 0 rings (SSSR count). The van der Waals surface area contributed by atoms with Crippen molar-refractivity contribution in [1.29, 1.82) is 0 Å². The van der Waals surface area contributed by atoms with E-state index in [0.717, 1.165) is 12.8 Å². The average Bonchev–Trinajstić information content (AvgIpc) is 1.97. The highest BCUT2D eigenvalue weighted by atomic mass is 16.7. The molecule has 0 saturated heterocycles. The van der Waals surface area contributed by atoms with E-state index in [0.29, 0.717) is 6.42 Å². The van der Waals surface area contributed by atoms with Crippen molar-refractivity contribution in [3.8, 4) is 0 Å². The van der Waals surface area contributed by atoms with Gasteiger partial charge in [-0.05, 0) is 6.42 Å². The molecule has 3 nitrogen and oxygen atoms in total. The number of unbranched alkanes of at least 4 members (excludes halogenated alkanes) is 1. The first kappa shape index (κ1) is 13.1. The molecule has 68 valence electrons. The summed E-state index contributed by atoms with van der Waals surface area (Å²) in [6.07, 6.45) is 2.41. The van der Waals surface area contributed by atoms with Crippen LogP contribution < -0.4 is 0 Å². The largest absolute Gasteiger partial charge is 0.438 e. The predicted octanol–water partition coefficient (Wildman–Crippen LogP) is 1.96. The molecular formula is C8H18O3. The van der Waals surface area contributed by atoms with Gasteiger partial charge in [-0.2, -0.15) is 0 Å². The van der Waals surface area contributed by atoms with E-state index in [-0.39, 0.29) is 20.2 Å². The van der Waals surface area contributed by atoms with Gasteiger partial charge in [-0.25, -0.2) is 0 Å². The Balaban J connectivity index is 0. The summed E-state index contributed by atoms with van der Waals surface area (Å²) in [5, 5.41) is 0. The number of methoxy groups -OCH3 is 1. The Hall–Kier alpha value is -0.570. The molecule has 0 atom stereocenters. The van der Waals surface area contributed by atoms with Gasteiger partial charge in [0.05, 0.1) is 0 Å². The lowest BCUT2D eigenvalue weighted by molar-refractivity contribution is -0.154. The minimum atomic E-state index is -0.177. The molecule has 0 bridgehead atoms. The molecule has 0 aromatic heterocycles. The summed E-state index contributed by atoms with van der Waals surface area (Å²) in [6.45, 7) is 2.10. The van der Waals surface area contributed by atoms with Gasteiger partial charge in [-0.3, -0.25) is 4.79 Å². The van der Waals surface area contributed by atoms with Crippen molar-refractivity contribution in [1.82, 2.24) is 0 Å². The molecular weight excluding hydrogens is 144 g/mol. The Labute approximate surface area is 68.7 Å². The predicted molar refractivity (Wildman–Crippen MR) is 44.2 cm³/mol. The van der Waals surface area contributed by atoms with Gasteiger partial charge >= 0.3 is 5.97 Å². The first-order valence-corrected chi connectivity index (χ1v) is 3.45. The van der Waals surface area contributed by atoms with Crippen LogP contribution in [-0.4, -0.2) is 19.9 Å². The average molecular weight is 162 g/mol. The van der Waals surface area contributed by atoms with E-state index in [1.165, 1.54) is 7.11 Å². The standard InChI is InChI=1S/C7H14O3.CH4/c1-3-4-5-7(8)10-6-9-2;/h3-6H2,1-2H3;1H4. The van der Waals surface area contributed by atoms with Crippen LogP contribution in [-0.2, 0) is 14.3 Å². The van der Waals surface area contributed by atoms with Gasteiger partial charge in [0.25, 0.3) is 0 Å². The molecule has 0 spiro atoms. The second kappa shape index (κ2) is 9.43. The summed E-state index contributed by atoms with van der Waals surface area (Å²) in [6, 6.07) is 0. The summed E-state index contributed by atoms with van der Waals surface area (Å²) in [5.41, 5.74) is 0. The number of esters is 1. The summed E-state index contributed by atoms with van der Waals surface area (Å²) < 4.78 is 9.18. The van der Waals surface area contributed by atoms with Crippen molar-refractivity contribution in [2.24, 2.45) is 0 Å². The van der Waals surface area contributed by atoms with Crippen LogP contribution in [0.3, 0.4) is 0 Å². The molecule has 11 heavy (non-hydrogen) atoms. The minimum absolute atomic E-state index is 0. The van der Waals surface area contributed by atoms with Crippen LogP contribution in [0.4, 0.5) is 0 Å². The van der Waals surface area contributed by atoms with Crippen molar-refractivity contribution >= 4 is 5.97 Å². The zero-order chi connectivity index (χ0) is 7.82. The van der Waals surface area contributed by atoms with Crippen molar-refractivity contribution in [3.05, 3.63) is 0 Å². The highest BCUT2D eigenvalue weighted by molar-refractivity contribution is 5.69. The number of carbonyl (C=O) groups excluding carboxylic acids is 1. The molecule has 0 N–H and O–H groups in total. The van der Waals surface area contributed by atoms with Crippen molar-refractivity contribution in [3.63, 3.8) is 0 Å². The Kier molecular flexibility index (Phi) is 11.2. The highest BCUT2D eigenvalue weighted by Crippen LogP contribution is 1.95. The lowest BCUT2D eigenvalue weighted by atomic mass is 10.3. The molecule has 0 unspecified atom stereocenters. The number of rotatable bonds is 5. The molecule has 3 heteroatoms. The molecule has 0 aliphatic rings. The number of hydrogen-bond acceptors (Lipinski definition) is 3.